The lowest BCUT2D eigenvalue weighted by Crippen LogP contribution is -2.09. The molecule has 0 aliphatic heterocycles. The summed E-state index contributed by atoms with van der Waals surface area (Å²) in [4.78, 5) is 24.0. The molecule has 32 heavy (non-hydrogen) atoms. The second kappa shape index (κ2) is 7.90. The molecule has 14 nitrogen and oxygen atoms in total. The van der Waals surface area contributed by atoms with Gasteiger partial charge in [-0.25, -0.2) is 4.63 Å². The van der Waals surface area contributed by atoms with Crippen LogP contribution >= 0.6 is 0 Å². The summed E-state index contributed by atoms with van der Waals surface area (Å²) in [6.07, 6.45) is 0. The number of fused-ring (bicyclic) bond motifs is 1. The zero-order valence-electron chi connectivity index (χ0n) is 16.9. The van der Waals surface area contributed by atoms with Gasteiger partial charge in [-0.05, 0) is 22.3 Å². The van der Waals surface area contributed by atoms with E-state index in [-0.39, 0.29) is 28.9 Å². The van der Waals surface area contributed by atoms with Crippen molar-refractivity contribution in [3.05, 3.63) is 35.7 Å². The summed E-state index contributed by atoms with van der Waals surface area (Å²) in [5, 5.41) is 42.6. The Kier molecular flexibility index (Phi) is 5.10. The number of aromatic nitrogens is 6. The number of aliphatic carboxylic acids is 1. The molecule has 0 atom stereocenters. The van der Waals surface area contributed by atoms with Crippen LogP contribution in [0, 0.1) is 0 Å². The quantitative estimate of drug-likeness (QED) is 0.373. The van der Waals surface area contributed by atoms with Crippen molar-refractivity contribution in [2.75, 3.05) is 5.73 Å². The number of carboxylic acid groups (broad SMARTS) is 1. The predicted molar refractivity (Wildman–Crippen MR) is 108 cm³/mol. The lowest BCUT2D eigenvalue weighted by Gasteiger charge is -2.06. The van der Waals surface area contributed by atoms with Gasteiger partial charge in [-0.1, -0.05) is 37.3 Å². The number of nitrogens with zero attached hydrogens (tertiary/aromatic N) is 8. The number of hydrogen-bond donors (Lipinski definition) is 3. The van der Waals surface area contributed by atoms with Crippen LogP contribution in [-0.4, -0.2) is 52.0 Å². The Morgan fingerprint density at radius 2 is 2.00 bits per heavy atom. The summed E-state index contributed by atoms with van der Waals surface area (Å²) in [6, 6.07) is 6.62. The molecule has 0 aliphatic rings. The van der Waals surface area contributed by atoms with Gasteiger partial charge >= 0.3 is 11.9 Å². The molecule has 3 aromatic heterocycles. The minimum Gasteiger partial charge on any atom is -0.493 e. The molecule has 0 unspecified atom stereocenters. The number of nitrogens with two attached hydrogens (primary N) is 1. The van der Waals surface area contributed by atoms with Crippen LogP contribution in [0.2, 0.25) is 0 Å². The van der Waals surface area contributed by atoms with E-state index in [1.54, 1.807) is 38.1 Å². The van der Waals surface area contributed by atoms with Crippen LogP contribution in [0.25, 0.3) is 16.7 Å². The van der Waals surface area contributed by atoms with Gasteiger partial charge in [0, 0.05) is 5.39 Å². The lowest BCUT2D eigenvalue weighted by molar-refractivity contribution is -0.137. The first kappa shape index (κ1) is 20.6. The third-order valence-electron chi connectivity index (χ3n) is 4.60. The van der Waals surface area contributed by atoms with Gasteiger partial charge < -0.3 is 15.9 Å². The van der Waals surface area contributed by atoms with E-state index in [0.29, 0.717) is 16.6 Å². The molecule has 164 valence electrons. The standard InChI is InChI=1S/C18H17N9O5/c1-8(2)14-13(21-25-27(14)16-15(19)23-32-24-16)17(30)22-20-12-9-5-3-4-6-10(9)26(18(12)31)7-11(28)29/h3-6,8,31H,7H2,1-2H3,(H2,19,23)(H,28,29). The summed E-state index contributed by atoms with van der Waals surface area (Å²) in [7, 11) is 0. The van der Waals surface area contributed by atoms with Crippen LogP contribution in [0.1, 0.15) is 35.9 Å². The fourth-order valence-corrected chi connectivity index (χ4v) is 3.26. The fourth-order valence-electron chi connectivity index (χ4n) is 3.26. The first-order valence-corrected chi connectivity index (χ1v) is 9.31. The number of nitrogen functional groups attached to an aromatic ring is 1. The van der Waals surface area contributed by atoms with E-state index in [1.165, 1.54) is 4.68 Å². The molecule has 1 amide bonds. The highest BCUT2D eigenvalue weighted by Gasteiger charge is 2.26. The van der Waals surface area contributed by atoms with Crippen molar-refractivity contribution in [3.63, 3.8) is 0 Å². The number of para-hydroxylation sites is 1. The van der Waals surface area contributed by atoms with Crippen molar-refractivity contribution >= 4 is 34.3 Å². The van der Waals surface area contributed by atoms with Gasteiger partial charge in [-0.2, -0.15) is 4.68 Å². The maximum absolute atomic E-state index is 12.8. The van der Waals surface area contributed by atoms with E-state index in [2.05, 4.69) is 35.5 Å². The minimum absolute atomic E-state index is 0.0337. The topological polar surface area (TPSA) is 200 Å². The third-order valence-corrected chi connectivity index (χ3v) is 4.60. The molecule has 3 heterocycles. The average molecular weight is 439 g/mol. The molecule has 0 radical (unpaired) electrons. The number of amides is 1. The molecule has 0 saturated carbocycles. The Bertz CT molecular complexity index is 1360. The molecule has 1 aromatic carbocycles. The SMILES string of the molecule is CC(C)c1c(C(=O)N=Nc2c(O)n(CC(=O)O)c3ccccc23)nnn1-c1nonc1N. The second-order valence-electron chi connectivity index (χ2n) is 7.04. The van der Waals surface area contributed by atoms with Crippen molar-refractivity contribution < 1.29 is 24.4 Å². The predicted octanol–water partition coefficient (Wildman–Crippen LogP) is 2.02. The molecular weight excluding hydrogens is 422 g/mol. The smallest absolute Gasteiger partial charge is 0.323 e. The van der Waals surface area contributed by atoms with E-state index >= 15 is 0 Å². The Balaban J connectivity index is 1.75. The molecule has 0 aliphatic carbocycles. The number of azo groups is 1. The number of aromatic hydroxyl groups is 1. The van der Waals surface area contributed by atoms with Gasteiger partial charge in [-0.3, -0.25) is 14.2 Å². The molecule has 0 fully saturated rings. The number of anilines is 1. The molecule has 4 N–H and O–H groups in total. The number of carbonyl (C=O) groups excluding carboxylic acids is 1. The maximum atomic E-state index is 12.8. The van der Waals surface area contributed by atoms with Crippen LogP contribution in [0.15, 0.2) is 39.1 Å². The Labute approximate surface area is 178 Å². The van der Waals surface area contributed by atoms with E-state index in [9.17, 15) is 14.7 Å². The van der Waals surface area contributed by atoms with E-state index in [1.807, 2.05) is 0 Å². The summed E-state index contributed by atoms with van der Waals surface area (Å²) in [5.41, 5.74) is 6.36. The first-order chi connectivity index (χ1) is 15.3. The summed E-state index contributed by atoms with van der Waals surface area (Å²) in [5.74, 6) is -2.61. The van der Waals surface area contributed by atoms with Crippen molar-refractivity contribution in [2.45, 2.75) is 26.3 Å². The van der Waals surface area contributed by atoms with Crippen molar-refractivity contribution in [2.24, 2.45) is 10.2 Å². The molecule has 0 spiro atoms. The van der Waals surface area contributed by atoms with Gasteiger partial charge in [0.25, 0.3) is 0 Å². The molecule has 0 saturated heterocycles. The van der Waals surface area contributed by atoms with Gasteiger partial charge in [0.2, 0.25) is 17.5 Å². The molecule has 4 rings (SSSR count). The molecule has 0 bridgehead atoms. The van der Waals surface area contributed by atoms with E-state index in [0.717, 1.165) is 4.57 Å². The number of benzene rings is 1. The fraction of sp³-hybridized carbons (Fsp3) is 0.222. The van der Waals surface area contributed by atoms with Crippen LogP contribution in [0.5, 0.6) is 5.88 Å². The van der Waals surface area contributed by atoms with E-state index < -0.39 is 24.3 Å². The van der Waals surface area contributed by atoms with Gasteiger partial charge in [0.05, 0.1) is 11.2 Å². The first-order valence-electron chi connectivity index (χ1n) is 9.31. The van der Waals surface area contributed by atoms with Crippen molar-refractivity contribution in [3.8, 4) is 11.7 Å². The zero-order valence-corrected chi connectivity index (χ0v) is 16.9. The third kappa shape index (κ3) is 3.42. The van der Waals surface area contributed by atoms with Gasteiger partial charge in [-0.15, -0.1) is 15.3 Å². The highest BCUT2D eigenvalue weighted by Crippen LogP contribution is 2.38. The Hall–Kier alpha value is -4.62. The Morgan fingerprint density at radius 3 is 2.66 bits per heavy atom. The van der Waals surface area contributed by atoms with Crippen LogP contribution in [-0.2, 0) is 11.3 Å². The highest BCUT2D eigenvalue weighted by molar-refractivity contribution is 5.97. The number of hydrogen-bond acceptors (Lipinski definition) is 10. The van der Waals surface area contributed by atoms with E-state index in [4.69, 9.17) is 10.8 Å². The van der Waals surface area contributed by atoms with Crippen LogP contribution < -0.4 is 5.73 Å². The summed E-state index contributed by atoms with van der Waals surface area (Å²) >= 11 is 0. The lowest BCUT2D eigenvalue weighted by atomic mass is 10.1. The normalized spacial score (nSPS) is 11.7. The second-order valence-corrected chi connectivity index (χ2v) is 7.04. The maximum Gasteiger partial charge on any atom is 0.323 e. The minimum atomic E-state index is -1.15. The molecule has 14 heteroatoms. The number of rotatable bonds is 6. The zero-order chi connectivity index (χ0) is 23.0. The Morgan fingerprint density at radius 1 is 1.25 bits per heavy atom. The molecular formula is C18H17N9O5. The number of carbonyl (C=O) groups is 2. The summed E-state index contributed by atoms with van der Waals surface area (Å²) in [6.45, 7) is 3.12. The largest absolute Gasteiger partial charge is 0.493 e. The van der Waals surface area contributed by atoms with Crippen LogP contribution in [0.4, 0.5) is 11.5 Å². The number of carboxylic acids is 1. The van der Waals surface area contributed by atoms with Crippen molar-refractivity contribution in [1.29, 1.82) is 0 Å². The van der Waals surface area contributed by atoms with Crippen LogP contribution in [0.3, 0.4) is 0 Å². The van der Waals surface area contributed by atoms with Gasteiger partial charge in [0.1, 0.15) is 6.54 Å². The summed E-state index contributed by atoms with van der Waals surface area (Å²) < 4.78 is 6.97. The molecule has 4 aromatic rings. The van der Waals surface area contributed by atoms with Gasteiger partial charge in [0.15, 0.2) is 11.4 Å². The average Bonchev–Trinajstić information content (AvgIpc) is 3.43. The highest BCUT2D eigenvalue weighted by atomic mass is 16.6. The van der Waals surface area contributed by atoms with Crippen molar-refractivity contribution in [1.82, 2.24) is 29.9 Å². The monoisotopic (exact) mass is 439 g/mol.